The van der Waals surface area contributed by atoms with Crippen LogP contribution in [0.15, 0.2) is 0 Å². The first-order valence-electron chi connectivity index (χ1n) is 11.1. The number of carbonyl (C=O) groups is 2. The molecule has 0 aromatic rings. The summed E-state index contributed by atoms with van der Waals surface area (Å²) in [6.45, 7) is 2.29. The molecule has 168 valence electrons. The Kier molecular flexibility index (Phi) is 22.6. The van der Waals surface area contributed by atoms with Crippen molar-refractivity contribution < 1.29 is 32.8 Å². The Balaban J connectivity index is 0. The minimum absolute atomic E-state index is 1.16. The van der Waals surface area contributed by atoms with Crippen molar-refractivity contribution in [3.8, 4) is 0 Å². The fourth-order valence-corrected chi connectivity index (χ4v) is 4.03. The van der Waals surface area contributed by atoms with E-state index in [2.05, 4.69) is 6.92 Å². The average molecular weight is 447 g/mol. The second kappa shape index (κ2) is 21.1. The van der Waals surface area contributed by atoms with Crippen LogP contribution in [0.5, 0.6) is 0 Å². The summed E-state index contributed by atoms with van der Waals surface area (Å²) in [6, 6.07) is 0. The zero-order valence-electron chi connectivity index (χ0n) is 18.3. The number of hydrogen-bond acceptors (Lipinski definition) is 4. The smallest absolute Gasteiger partial charge is 0.325 e. The summed E-state index contributed by atoms with van der Waals surface area (Å²) in [5, 5.41) is 13.9. The summed E-state index contributed by atoms with van der Waals surface area (Å²) in [5.74, 6) is -3.50. The molecular formula is C20H39NaO7S. The van der Waals surface area contributed by atoms with E-state index < -0.39 is 33.7 Å². The molecule has 0 bridgehead atoms. The van der Waals surface area contributed by atoms with Crippen LogP contribution in [-0.4, -0.2) is 68.3 Å². The van der Waals surface area contributed by atoms with E-state index in [1.54, 1.807) is 0 Å². The predicted octanol–water partition coefficient (Wildman–Crippen LogP) is 4.86. The van der Waals surface area contributed by atoms with Crippen molar-refractivity contribution in [2.24, 2.45) is 0 Å². The number of aliphatic carboxylic acids is 2. The van der Waals surface area contributed by atoms with E-state index in [-0.39, 0.29) is 0 Å². The molecule has 3 N–H and O–H groups in total. The Labute approximate surface area is 194 Å². The van der Waals surface area contributed by atoms with E-state index >= 15 is 0 Å². The fraction of sp³-hybridized carbons (Fsp3) is 0.900. The van der Waals surface area contributed by atoms with Gasteiger partial charge in [0.25, 0.3) is 10.1 Å². The van der Waals surface area contributed by atoms with Crippen LogP contribution in [-0.2, 0) is 19.7 Å². The summed E-state index contributed by atoms with van der Waals surface area (Å²) >= 11 is 1.41. The van der Waals surface area contributed by atoms with E-state index in [0.29, 0.717) is 0 Å². The summed E-state index contributed by atoms with van der Waals surface area (Å²) < 4.78 is 30.2. The first-order valence-corrected chi connectivity index (χ1v) is 14.0. The van der Waals surface area contributed by atoms with E-state index in [0.717, 1.165) is 0 Å². The van der Waals surface area contributed by atoms with Crippen molar-refractivity contribution in [2.75, 3.05) is 0 Å². The molecule has 0 spiro atoms. The number of hydrogen-bond donors (Lipinski definition) is 3. The van der Waals surface area contributed by atoms with Crippen molar-refractivity contribution in [3.05, 3.63) is 0 Å². The maximum Gasteiger partial charge on any atom is 0.325 e. The molecule has 0 saturated heterocycles. The minimum Gasteiger partial charge on any atom is -0.481 e. The Morgan fingerprint density at radius 2 is 1.10 bits per heavy atom. The Morgan fingerprint density at radius 1 is 0.759 bits per heavy atom. The minimum atomic E-state index is -4.84. The molecule has 7 nitrogen and oxygen atoms in total. The molecule has 0 rings (SSSR count). The second-order valence-corrected chi connectivity index (χ2v) is 10.1. The quantitative estimate of drug-likeness (QED) is 0.156. The van der Waals surface area contributed by atoms with Crippen LogP contribution in [0.1, 0.15) is 103 Å². The Bertz CT molecular complexity index is 495. The number of unbranched alkanes of at least 4 members (excludes halogenated alkanes) is 13. The standard InChI is InChI=1S/C16H33.C4H6O7S.Na/c1-3-5-7-9-11-13-15-16-14-12-10-8-6-4-2;5-3(6)1-2(4(7)8)12(9,10)11;/h1,3-16H2,2H3;2H,1H2,(H,5,6)(H,7,8)(H,9,10,11);. The van der Waals surface area contributed by atoms with Gasteiger partial charge in [-0.25, -0.2) is 0 Å². The fourth-order valence-electron chi connectivity index (χ4n) is 2.92. The number of carboxylic acids is 2. The first-order chi connectivity index (χ1) is 13.7. The van der Waals surface area contributed by atoms with Crippen molar-refractivity contribution in [3.63, 3.8) is 0 Å². The first kappa shape index (κ1) is 31.0. The zero-order valence-corrected chi connectivity index (χ0v) is 21.1. The van der Waals surface area contributed by atoms with Gasteiger partial charge in [0.1, 0.15) is 0 Å². The Hall–Kier alpha value is -0.150. The largest absolute Gasteiger partial charge is 0.481 e. The molecule has 0 amide bonds. The van der Waals surface area contributed by atoms with Crippen LogP contribution in [0.2, 0.25) is 3.67 Å². The van der Waals surface area contributed by atoms with Gasteiger partial charge in [0.05, 0.1) is 6.42 Å². The molecular weight excluding hydrogens is 407 g/mol. The normalized spacial score (nSPS) is 12.1. The van der Waals surface area contributed by atoms with Crippen LogP contribution < -0.4 is 0 Å². The van der Waals surface area contributed by atoms with Crippen molar-refractivity contribution in [2.45, 2.75) is 112 Å². The maximum atomic E-state index is 10.2. The van der Waals surface area contributed by atoms with Gasteiger partial charge in [-0.3, -0.25) is 14.1 Å². The zero-order chi connectivity index (χ0) is 22.5. The predicted molar refractivity (Wildman–Crippen MR) is 116 cm³/mol. The molecule has 0 aromatic carbocycles. The van der Waals surface area contributed by atoms with Crippen LogP contribution in [0, 0.1) is 0 Å². The monoisotopic (exact) mass is 446 g/mol. The third-order valence-corrected chi connectivity index (χ3v) is 6.50. The van der Waals surface area contributed by atoms with Gasteiger partial charge >= 0.3 is 114 Å². The molecule has 1 unspecified atom stereocenters. The van der Waals surface area contributed by atoms with Gasteiger partial charge in [-0.2, -0.15) is 8.42 Å². The molecule has 9 heteroatoms. The molecule has 0 aliphatic heterocycles. The van der Waals surface area contributed by atoms with Crippen molar-refractivity contribution >= 4 is 50.0 Å². The second-order valence-electron chi connectivity index (χ2n) is 7.54. The molecule has 29 heavy (non-hydrogen) atoms. The van der Waals surface area contributed by atoms with Gasteiger partial charge in [-0.05, 0) is 0 Å². The van der Waals surface area contributed by atoms with Crippen molar-refractivity contribution in [1.29, 1.82) is 0 Å². The third-order valence-electron chi connectivity index (χ3n) is 4.70. The van der Waals surface area contributed by atoms with Gasteiger partial charge in [0, 0.05) is 0 Å². The van der Waals surface area contributed by atoms with E-state index in [1.165, 1.54) is 121 Å². The molecule has 0 saturated carbocycles. The van der Waals surface area contributed by atoms with Gasteiger partial charge in [-0.15, -0.1) is 0 Å². The van der Waals surface area contributed by atoms with Crippen LogP contribution >= 0.6 is 0 Å². The van der Waals surface area contributed by atoms with Crippen LogP contribution in [0.3, 0.4) is 0 Å². The van der Waals surface area contributed by atoms with Crippen LogP contribution in [0.25, 0.3) is 0 Å². The topological polar surface area (TPSA) is 129 Å². The number of rotatable bonds is 18. The van der Waals surface area contributed by atoms with Gasteiger partial charge in [0.15, 0.2) is 5.25 Å². The van der Waals surface area contributed by atoms with Crippen molar-refractivity contribution in [1.82, 2.24) is 0 Å². The molecule has 0 heterocycles. The SMILES string of the molecule is CCCCCCCCCCCCCCC[CH2][Na].O=C(O)CC(C(=O)O)S(=O)(=O)O. The third kappa shape index (κ3) is 24.0. The summed E-state index contributed by atoms with van der Waals surface area (Å²) in [5.41, 5.74) is 0. The summed E-state index contributed by atoms with van der Waals surface area (Å²) in [4.78, 5) is 20.0. The molecule has 0 aliphatic carbocycles. The van der Waals surface area contributed by atoms with Gasteiger partial charge < -0.3 is 10.2 Å². The van der Waals surface area contributed by atoms with E-state index in [1.807, 2.05) is 0 Å². The molecule has 0 aliphatic rings. The molecule has 0 aromatic heterocycles. The number of carboxylic acid groups (broad SMARTS) is 2. The van der Waals surface area contributed by atoms with Gasteiger partial charge in [-0.1, -0.05) is 26.2 Å². The average Bonchev–Trinajstić information content (AvgIpc) is 2.63. The van der Waals surface area contributed by atoms with Gasteiger partial charge in [0.2, 0.25) is 0 Å². The van der Waals surface area contributed by atoms with Crippen LogP contribution in [0.4, 0.5) is 0 Å². The molecule has 0 fully saturated rings. The summed E-state index contributed by atoms with van der Waals surface area (Å²) in [7, 11) is -4.84. The summed E-state index contributed by atoms with van der Waals surface area (Å²) in [6.07, 6.45) is 19.6. The van der Waals surface area contributed by atoms with E-state index in [9.17, 15) is 18.0 Å². The molecule has 0 radical (unpaired) electrons. The maximum absolute atomic E-state index is 10.2. The molecule has 1 atom stereocenters. The Morgan fingerprint density at radius 3 is 1.31 bits per heavy atom. The van der Waals surface area contributed by atoms with E-state index in [4.69, 9.17) is 14.8 Å².